The fourth-order valence-electron chi connectivity index (χ4n) is 2.82. The summed E-state index contributed by atoms with van der Waals surface area (Å²) in [5, 5.41) is 6.81. The van der Waals surface area contributed by atoms with Crippen molar-refractivity contribution in [2.75, 3.05) is 20.1 Å². The van der Waals surface area contributed by atoms with E-state index in [4.69, 9.17) is 0 Å². The zero-order valence-electron chi connectivity index (χ0n) is 15.7. The molecule has 2 N–H and O–H groups in total. The van der Waals surface area contributed by atoms with Crippen molar-refractivity contribution in [1.29, 1.82) is 0 Å². The van der Waals surface area contributed by atoms with Crippen LogP contribution in [0.1, 0.15) is 38.1 Å². The molecule has 1 heterocycles. The van der Waals surface area contributed by atoms with Gasteiger partial charge in [-0.2, -0.15) is 0 Å². The van der Waals surface area contributed by atoms with Crippen molar-refractivity contribution in [3.8, 4) is 0 Å². The van der Waals surface area contributed by atoms with Crippen LogP contribution in [0.4, 0.5) is 0 Å². The minimum Gasteiger partial charge on any atom is -0.356 e. The summed E-state index contributed by atoms with van der Waals surface area (Å²) in [5.74, 6) is 2.66. The van der Waals surface area contributed by atoms with Gasteiger partial charge in [-0.05, 0) is 11.5 Å². The van der Waals surface area contributed by atoms with Crippen LogP contribution in [0.5, 0.6) is 0 Å². The van der Waals surface area contributed by atoms with Crippen LogP contribution in [0, 0.1) is 5.92 Å². The Kier molecular flexibility index (Phi) is 8.02. The van der Waals surface area contributed by atoms with Crippen LogP contribution >= 0.6 is 0 Å². The molecule has 1 aromatic carbocycles. The largest absolute Gasteiger partial charge is 0.356 e. The van der Waals surface area contributed by atoms with Gasteiger partial charge in [0.15, 0.2) is 5.96 Å². The lowest BCUT2D eigenvalue weighted by Crippen LogP contribution is -2.40. The average molecular weight is 342 g/mol. The number of aliphatic imine (C=N–C) groups is 1. The quantitative estimate of drug-likeness (QED) is 0.544. The van der Waals surface area contributed by atoms with Crippen LogP contribution in [0.15, 0.2) is 47.7 Å². The first-order valence-electron chi connectivity index (χ1n) is 9.25. The predicted molar refractivity (Wildman–Crippen MR) is 105 cm³/mol. The second kappa shape index (κ2) is 10.5. The van der Waals surface area contributed by atoms with Crippen LogP contribution in [0.3, 0.4) is 0 Å². The second-order valence-electron chi connectivity index (χ2n) is 6.27. The van der Waals surface area contributed by atoms with Crippen molar-refractivity contribution in [2.24, 2.45) is 10.9 Å². The van der Waals surface area contributed by atoms with Crippen molar-refractivity contribution in [3.63, 3.8) is 0 Å². The molecule has 5 nitrogen and oxygen atoms in total. The van der Waals surface area contributed by atoms with Crippen LogP contribution in [0.2, 0.25) is 0 Å². The molecule has 0 unspecified atom stereocenters. The van der Waals surface area contributed by atoms with Gasteiger partial charge in [0, 0.05) is 45.5 Å². The van der Waals surface area contributed by atoms with Gasteiger partial charge in [0.1, 0.15) is 5.82 Å². The maximum atomic E-state index is 4.50. The number of rotatable bonds is 9. The molecule has 0 radical (unpaired) electrons. The van der Waals surface area contributed by atoms with Gasteiger partial charge in [-0.1, -0.05) is 57.0 Å². The number of aromatic nitrogens is 2. The van der Waals surface area contributed by atoms with Gasteiger partial charge >= 0.3 is 0 Å². The summed E-state index contributed by atoms with van der Waals surface area (Å²) in [4.78, 5) is 8.80. The highest BCUT2D eigenvalue weighted by molar-refractivity contribution is 5.79. The molecule has 136 valence electrons. The van der Waals surface area contributed by atoms with Crippen molar-refractivity contribution >= 4 is 5.96 Å². The van der Waals surface area contributed by atoms with Gasteiger partial charge in [0.2, 0.25) is 0 Å². The Morgan fingerprint density at radius 2 is 1.92 bits per heavy atom. The van der Waals surface area contributed by atoms with Crippen molar-refractivity contribution in [3.05, 3.63) is 54.1 Å². The molecule has 5 heteroatoms. The van der Waals surface area contributed by atoms with Gasteiger partial charge in [0.05, 0.1) is 0 Å². The fraction of sp³-hybridized carbons (Fsp3) is 0.500. The second-order valence-corrected chi connectivity index (χ2v) is 6.27. The van der Waals surface area contributed by atoms with Crippen molar-refractivity contribution in [2.45, 2.75) is 39.7 Å². The summed E-state index contributed by atoms with van der Waals surface area (Å²) in [5.41, 5.74) is 1.29. The molecular formula is C20H31N5. The van der Waals surface area contributed by atoms with E-state index in [1.807, 2.05) is 25.5 Å². The van der Waals surface area contributed by atoms with Gasteiger partial charge in [-0.15, -0.1) is 0 Å². The lowest BCUT2D eigenvalue weighted by Gasteiger charge is -2.16. The van der Waals surface area contributed by atoms with Crippen LogP contribution in [-0.2, 0) is 13.0 Å². The molecule has 0 aliphatic carbocycles. The molecule has 2 rings (SSSR count). The van der Waals surface area contributed by atoms with Gasteiger partial charge in [0.25, 0.3) is 0 Å². The van der Waals surface area contributed by atoms with E-state index in [9.17, 15) is 0 Å². The van der Waals surface area contributed by atoms with Gasteiger partial charge < -0.3 is 15.2 Å². The third-order valence-electron chi connectivity index (χ3n) is 4.57. The highest BCUT2D eigenvalue weighted by Crippen LogP contribution is 2.06. The Bertz CT molecular complexity index is 629. The molecule has 2 aromatic rings. The number of imidazole rings is 1. The molecule has 0 bridgehead atoms. The van der Waals surface area contributed by atoms with E-state index in [0.29, 0.717) is 5.92 Å². The van der Waals surface area contributed by atoms with E-state index in [1.165, 1.54) is 18.4 Å². The SMILES string of the molecule is CCC(CC)CNC(=NC)NCCc1nccn1Cc1ccccc1. The molecule has 1 aromatic heterocycles. The predicted octanol–water partition coefficient (Wildman–Crippen LogP) is 3.08. The lowest BCUT2D eigenvalue weighted by atomic mass is 10.0. The molecule has 0 aliphatic heterocycles. The molecule has 25 heavy (non-hydrogen) atoms. The first-order valence-corrected chi connectivity index (χ1v) is 9.25. The Balaban J connectivity index is 1.80. The van der Waals surface area contributed by atoms with Crippen LogP contribution < -0.4 is 10.6 Å². The van der Waals surface area contributed by atoms with Crippen LogP contribution in [-0.4, -0.2) is 35.6 Å². The fourth-order valence-corrected chi connectivity index (χ4v) is 2.82. The van der Waals surface area contributed by atoms with E-state index in [2.05, 4.69) is 63.3 Å². The smallest absolute Gasteiger partial charge is 0.190 e. The van der Waals surface area contributed by atoms with Crippen molar-refractivity contribution < 1.29 is 0 Å². The summed E-state index contributed by atoms with van der Waals surface area (Å²) >= 11 is 0. The van der Waals surface area contributed by atoms with Gasteiger partial charge in [-0.3, -0.25) is 4.99 Å². The molecule has 0 fully saturated rings. The van der Waals surface area contributed by atoms with E-state index < -0.39 is 0 Å². The first-order chi connectivity index (χ1) is 12.3. The molecule has 0 amide bonds. The number of nitrogens with one attached hydrogen (secondary N) is 2. The third-order valence-corrected chi connectivity index (χ3v) is 4.57. The Morgan fingerprint density at radius 3 is 2.60 bits per heavy atom. The topological polar surface area (TPSA) is 54.2 Å². The van der Waals surface area contributed by atoms with E-state index in [0.717, 1.165) is 37.8 Å². The number of guanidine groups is 1. The third kappa shape index (κ3) is 6.25. The minimum absolute atomic E-state index is 0.698. The minimum atomic E-state index is 0.698. The molecule has 0 atom stereocenters. The zero-order chi connectivity index (χ0) is 17.9. The lowest BCUT2D eigenvalue weighted by molar-refractivity contribution is 0.481. The van der Waals surface area contributed by atoms with E-state index >= 15 is 0 Å². The highest BCUT2D eigenvalue weighted by Gasteiger charge is 2.06. The Labute approximate surface area is 151 Å². The monoisotopic (exact) mass is 341 g/mol. The molecular weight excluding hydrogens is 310 g/mol. The summed E-state index contributed by atoms with van der Waals surface area (Å²) in [6.45, 7) is 7.11. The summed E-state index contributed by atoms with van der Waals surface area (Å²) in [7, 11) is 1.82. The number of benzene rings is 1. The normalized spacial score (nSPS) is 11.8. The van der Waals surface area contributed by atoms with E-state index in [1.54, 1.807) is 0 Å². The first kappa shape index (κ1) is 19.0. The average Bonchev–Trinajstić information content (AvgIpc) is 3.08. The molecule has 0 saturated carbocycles. The number of hydrogen-bond acceptors (Lipinski definition) is 2. The highest BCUT2D eigenvalue weighted by atomic mass is 15.2. The maximum absolute atomic E-state index is 4.50. The van der Waals surface area contributed by atoms with E-state index in [-0.39, 0.29) is 0 Å². The summed E-state index contributed by atoms with van der Waals surface area (Å²) < 4.78 is 2.21. The Morgan fingerprint density at radius 1 is 1.16 bits per heavy atom. The molecule has 0 spiro atoms. The maximum Gasteiger partial charge on any atom is 0.190 e. The van der Waals surface area contributed by atoms with Crippen molar-refractivity contribution in [1.82, 2.24) is 20.2 Å². The Hall–Kier alpha value is -2.30. The number of hydrogen-bond donors (Lipinski definition) is 2. The molecule has 0 saturated heterocycles. The van der Waals surface area contributed by atoms with Gasteiger partial charge in [-0.25, -0.2) is 4.98 Å². The zero-order valence-corrected chi connectivity index (χ0v) is 15.7. The molecule has 0 aliphatic rings. The number of nitrogens with zero attached hydrogens (tertiary/aromatic N) is 3. The van der Waals surface area contributed by atoms with Crippen LogP contribution in [0.25, 0.3) is 0 Å². The summed E-state index contributed by atoms with van der Waals surface area (Å²) in [6, 6.07) is 10.5. The summed E-state index contributed by atoms with van der Waals surface area (Å²) in [6.07, 6.45) is 7.17. The standard InChI is InChI=1S/C20H31N5/c1-4-17(5-2)15-24-20(21-3)23-12-11-19-22-13-14-25(19)16-18-9-7-6-8-10-18/h6-10,13-14,17H,4-5,11-12,15-16H2,1-3H3,(H2,21,23,24).